The van der Waals surface area contributed by atoms with Gasteiger partial charge < -0.3 is 5.32 Å². The van der Waals surface area contributed by atoms with Crippen molar-refractivity contribution in [2.45, 2.75) is 78.7 Å². The first-order valence-electron chi connectivity index (χ1n) is 7.63. The topological polar surface area (TPSA) is 12.0 Å². The predicted octanol–water partition coefficient (Wildman–Crippen LogP) is 4.62. The van der Waals surface area contributed by atoms with Gasteiger partial charge in [0.1, 0.15) is 0 Å². The van der Waals surface area contributed by atoms with Gasteiger partial charge in [0.15, 0.2) is 0 Å². The molecule has 17 heavy (non-hydrogen) atoms. The first-order chi connectivity index (χ1) is 7.96. The van der Waals surface area contributed by atoms with E-state index in [9.17, 15) is 0 Å². The minimum atomic E-state index is 0.482. The molecule has 1 heteroatoms. The molecular formula is C16H33N. The fourth-order valence-corrected chi connectivity index (χ4v) is 3.20. The zero-order chi connectivity index (χ0) is 12.9. The van der Waals surface area contributed by atoms with Crippen LogP contribution in [0.15, 0.2) is 0 Å². The van der Waals surface area contributed by atoms with Crippen LogP contribution in [0.4, 0.5) is 0 Å². The van der Waals surface area contributed by atoms with Crippen molar-refractivity contribution in [3.63, 3.8) is 0 Å². The maximum absolute atomic E-state index is 3.58. The van der Waals surface area contributed by atoms with E-state index in [-0.39, 0.29) is 0 Å². The molecule has 0 aliphatic heterocycles. The van der Waals surface area contributed by atoms with Crippen molar-refractivity contribution >= 4 is 0 Å². The third-order valence-electron chi connectivity index (χ3n) is 4.61. The summed E-state index contributed by atoms with van der Waals surface area (Å²) in [4.78, 5) is 0. The zero-order valence-electron chi connectivity index (χ0n) is 12.7. The summed E-state index contributed by atoms with van der Waals surface area (Å²) in [6.07, 6.45) is 9.92. The summed E-state index contributed by atoms with van der Waals surface area (Å²) in [5.41, 5.74) is 0.482. The Morgan fingerprint density at radius 2 is 1.71 bits per heavy atom. The molecule has 0 spiro atoms. The highest BCUT2D eigenvalue weighted by Gasteiger charge is 2.26. The van der Waals surface area contributed by atoms with Crippen LogP contribution in [0.5, 0.6) is 0 Å². The van der Waals surface area contributed by atoms with E-state index in [1.807, 2.05) is 0 Å². The third-order valence-corrected chi connectivity index (χ3v) is 4.61. The Morgan fingerprint density at radius 1 is 1.12 bits per heavy atom. The van der Waals surface area contributed by atoms with Gasteiger partial charge in [0.2, 0.25) is 0 Å². The fraction of sp³-hybridized carbons (Fsp3) is 1.00. The van der Waals surface area contributed by atoms with Gasteiger partial charge in [-0.25, -0.2) is 0 Å². The van der Waals surface area contributed by atoms with E-state index in [0.29, 0.717) is 5.41 Å². The van der Waals surface area contributed by atoms with Gasteiger partial charge in [0.05, 0.1) is 0 Å². The lowest BCUT2D eigenvalue weighted by molar-refractivity contribution is 0.202. The highest BCUT2D eigenvalue weighted by molar-refractivity contribution is 4.82. The van der Waals surface area contributed by atoms with Gasteiger partial charge in [0.25, 0.3) is 0 Å². The van der Waals surface area contributed by atoms with E-state index in [1.54, 1.807) is 0 Å². The molecule has 0 heterocycles. The Labute approximate surface area is 109 Å². The molecular weight excluding hydrogens is 206 g/mol. The summed E-state index contributed by atoms with van der Waals surface area (Å²) < 4.78 is 0. The van der Waals surface area contributed by atoms with Crippen LogP contribution < -0.4 is 5.32 Å². The van der Waals surface area contributed by atoms with E-state index in [1.165, 1.54) is 44.9 Å². The van der Waals surface area contributed by atoms with Gasteiger partial charge in [-0.05, 0) is 50.0 Å². The maximum atomic E-state index is 3.58. The summed E-state index contributed by atoms with van der Waals surface area (Å²) in [7, 11) is 2.15. The van der Waals surface area contributed by atoms with Crippen molar-refractivity contribution in [3.05, 3.63) is 0 Å². The van der Waals surface area contributed by atoms with Crippen molar-refractivity contribution in [1.82, 2.24) is 5.32 Å². The molecule has 0 aromatic heterocycles. The lowest BCUT2D eigenvalue weighted by Gasteiger charge is -2.34. The van der Waals surface area contributed by atoms with E-state index in [0.717, 1.165) is 17.9 Å². The molecule has 1 atom stereocenters. The second-order valence-electron chi connectivity index (χ2n) is 7.18. The van der Waals surface area contributed by atoms with Crippen LogP contribution in [-0.4, -0.2) is 13.1 Å². The third kappa shape index (κ3) is 5.42. The van der Waals surface area contributed by atoms with Gasteiger partial charge in [-0.3, -0.25) is 0 Å². The minimum Gasteiger partial charge on any atom is -0.317 e. The van der Waals surface area contributed by atoms with E-state index >= 15 is 0 Å². The molecule has 0 radical (unpaired) electrons. The van der Waals surface area contributed by atoms with Crippen molar-refractivity contribution in [3.8, 4) is 0 Å². The normalized spacial score (nSPS) is 28.1. The summed E-state index contributed by atoms with van der Waals surface area (Å²) in [5.74, 6) is 1.96. The SMILES string of the molecule is CCC1CCC(C(CCC(C)(C)C)NC)CC1. The second kappa shape index (κ2) is 6.78. The summed E-state index contributed by atoms with van der Waals surface area (Å²) in [6, 6.07) is 0.757. The molecule has 1 unspecified atom stereocenters. The van der Waals surface area contributed by atoms with Crippen molar-refractivity contribution in [2.75, 3.05) is 7.05 Å². The Kier molecular flexibility index (Phi) is 5.99. The molecule has 1 rings (SSSR count). The highest BCUT2D eigenvalue weighted by Crippen LogP contribution is 2.34. The van der Waals surface area contributed by atoms with Gasteiger partial charge in [0, 0.05) is 6.04 Å². The van der Waals surface area contributed by atoms with Gasteiger partial charge in [-0.2, -0.15) is 0 Å². The van der Waals surface area contributed by atoms with Crippen LogP contribution >= 0.6 is 0 Å². The smallest absolute Gasteiger partial charge is 0.00925 e. The fourth-order valence-electron chi connectivity index (χ4n) is 3.20. The number of rotatable bonds is 5. The maximum Gasteiger partial charge on any atom is 0.00925 e. The molecule has 1 N–H and O–H groups in total. The highest BCUT2D eigenvalue weighted by atomic mass is 14.9. The number of hydrogen-bond donors (Lipinski definition) is 1. The summed E-state index contributed by atoms with van der Waals surface area (Å²) in [6.45, 7) is 9.41. The van der Waals surface area contributed by atoms with Crippen LogP contribution in [0.2, 0.25) is 0 Å². The quantitative estimate of drug-likeness (QED) is 0.738. The molecule has 102 valence electrons. The molecule has 1 nitrogen and oxygen atoms in total. The molecule has 0 bridgehead atoms. The average Bonchev–Trinajstić information content (AvgIpc) is 2.29. The van der Waals surface area contributed by atoms with Crippen LogP contribution in [0.3, 0.4) is 0 Å². The van der Waals surface area contributed by atoms with Crippen LogP contribution in [0, 0.1) is 17.3 Å². The minimum absolute atomic E-state index is 0.482. The Balaban J connectivity index is 2.35. The van der Waals surface area contributed by atoms with Crippen molar-refractivity contribution in [1.29, 1.82) is 0 Å². The lowest BCUT2D eigenvalue weighted by Crippen LogP contribution is -2.36. The zero-order valence-corrected chi connectivity index (χ0v) is 12.7. The van der Waals surface area contributed by atoms with Crippen LogP contribution in [-0.2, 0) is 0 Å². The monoisotopic (exact) mass is 239 g/mol. The summed E-state index contributed by atoms with van der Waals surface area (Å²) in [5, 5.41) is 3.58. The Hall–Kier alpha value is -0.0400. The largest absolute Gasteiger partial charge is 0.317 e. The molecule has 0 saturated heterocycles. The van der Waals surface area contributed by atoms with E-state index < -0.39 is 0 Å². The summed E-state index contributed by atoms with van der Waals surface area (Å²) >= 11 is 0. The lowest BCUT2D eigenvalue weighted by atomic mass is 9.75. The number of nitrogens with one attached hydrogen (secondary N) is 1. The van der Waals surface area contributed by atoms with E-state index in [2.05, 4.69) is 40.1 Å². The van der Waals surface area contributed by atoms with Crippen LogP contribution in [0.1, 0.15) is 72.6 Å². The van der Waals surface area contributed by atoms with Crippen LogP contribution in [0.25, 0.3) is 0 Å². The van der Waals surface area contributed by atoms with Gasteiger partial charge in [-0.1, -0.05) is 47.0 Å². The molecule has 0 aromatic rings. The average molecular weight is 239 g/mol. The molecule has 0 amide bonds. The predicted molar refractivity (Wildman–Crippen MR) is 77.3 cm³/mol. The molecule has 0 aromatic carbocycles. The first kappa shape index (κ1) is 15.0. The molecule has 1 saturated carbocycles. The Morgan fingerprint density at radius 3 is 2.12 bits per heavy atom. The Bertz CT molecular complexity index is 196. The molecule has 1 aliphatic carbocycles. The van der Waals surface area contributed by atoms with Gasteiger partial charge >= 0.3 is 0 Å². The number of hydrogen-bond acceptors (Lipinski definition) is 1. The molecule has 1 fully saturated rings. The van der Waals surface area contributed by atoms with Crippen molar-refractivity contribution < 1.29 is 0 Å². The van der Waals surface area contributed by atoms with Crippen molar-refractivity contribution in [2.24, 2.45) is 17.3 Å². The second-order valence-corrected chi connectivity index (χ2v) is 7.18. The standard InChI is InChI=1S/C16H33N/c1-6-13-7-9-14(10-8-13)15(17-5)11-12-16(2,3)4/h13-15,17H,6-12H2,1-5H3. The van der Waals surface area contributed by atoms with E-state index in [4.69, 9.17) is 0 Å². The first-order valence-corrected chi connectivity index (χ1v) is 7.63. The van der Waals surface area contributed by atoms with Gasteiger partial charge in [-0.15, -0.1) is 0 Å². The molecule has 1 aliphatic rings.